The topological polar surface area (TPSA) is 6.48 Å². The van der Waals surface area contributed by atoms with E-state index >= 15 is 0 Å². The third kappa shape index (κ3) is 9.81. The smallest absolute Gasteiger partial charge is 0.0775 e. The molecule has 0 spiro atoms. The molecular weight excluding hydrogens is 949 g/mol. The second-order valence-electron chi connectivity index (χ2n) is 25.2. The fourth-order valence-electron chi connectivity index (χ4n) is 11.1. The SMILES string of the molecule is CC(C)(C)c1ccc(N(c2ccc([Si](C)(C)C)cc2)c2ccc3c(-c4ccc5ccccc5c4)c4cc(N(c5ccc(C(C)(C)C)cc5)c5ccc([Si](C)(C)C)cc5)ccc4c(-c4ccc5ccccc5c4)c3c2)cc1. The lowest BCUT2D eigenvalue weighted by Crippen LogP contribution is -2.37. The third-order valence-corrected chi connectivity index (χ3v) is 19.8. The van der Waals surface area contributed by atoms with E-state index in [1.807, 2.05) is 0 Å². The molecule has 378 valence electrons. The van der Waals surface area contributed by atoms with E-state index in [4.69, 9.17) is 0 Å². The van der Waals surface area contributed by atoms with Crippen LogP contribution >= 0.6 is 0 Å². The van der Waals surface area contributed by atoms with Crippen LogP contribution in [0, 0.1) is 0 Å². The lowest BCUT2D eigenvalue weighted by atomic mass is 9.84. The normalized spacial score (nSPS) is 12.5. The van der Waals surface area contributed by atoms with Crippen molar-refractivity contribution in [2.75, 3.05) is 9.80 Å². The zero-order valence-electron chi connectivity index (χ0n) is 46.7. The molecule has 0 saturated heterocycles. The molecule has 0 atom stereocenters. The molecule has 0 fully saturated rings. The third-order valence-electron chi connectivity index (χ3n) is 15.6. The summed E-state index contributed by atoms with van der Waals surface area (Å²) in [6, 6.07) is 83.4. The monoisotopic (exact) mass is 1020 g/mol. The highest BCUT2D eigenvalue weighted by Gasteiger charge is 2.25. The molecule has 0 unspecified atom stereocenters. The lowest BCUT2D eigenvalue weighted by molar-refractivity contribution is 0.590. The molecule has 2 nitrogen and oxygen atoms in total. The summed E-state index contributed by atoms with van der Waals surface area (Å²) >= 11 is 0. The van der Waals surface area contributed by atoms with Gasteiger partial charge in [-0.2, -0.15) is 0 Å². The molecule has 11 aromatic rings. The number of hydrogen-bond acceptors (Lipinski definition) is 2. The summed E-state index contributed by atoms with van der Waals surface area (Å²) in [7, 11) is -3.10. The van der Waals surface area contributed by atoms with Crippen molar-refractivity contribution < 1.29 is 0 Å². The predicted molar refractivity (Wildman–Crippen MR) is 340 cm³/mol. The molecule has 0 aliphatic heterocycles. The highest BCUT2D eigenvalue weighted by molar-refractivity contribution is 6.89. The Bertz CT molecular complexity index is 3560. The van der Waals surface area contributed by atoms with Crippen molar-refractivity contribution in [3.05, 3.63) is 230 Å². The van der Waals surface area contributed by atoms with Crippen LogP contribution in [0.1, 0.15) is 52.7 Å². The maximum Gasteiger partial charge on any atom is 0.0775 e. The fourth-order valence-corrected chi connectivity index (χ4v) is 13.5. The van der Waals surface area contributed by atoms with E-state index in [0.29, 0.717) is 0 Å². The first kappa shape index (κ1) is 50.6. The Kier molecular flexibility index (Phi) is 12.8. The van der Waals surface area contributed by atoms with Crippen LogP contribution in [-0.2, 0) is 10.8 Å². The first-order valence-electron chi connectivity index (χ1n) is 27.2. The Morgan fingerprint density at radius 1 is 0.276 bits per heavy atom. The number of rotatable bonds is 10. The molecule has 0 aliphatic rings. The molecule has 0 aliphatic carbocycles. The number of benzene rings is 11. The zero-order chi connectivity index (χ0) is 53.3. The van der Waals surface area contributed by atoms with Crippen LogP contribution in [0.15, 0.2) is 218 Å². The van der Waals surface area contributed by atoms with E-state index in [0.717, 1.165) is 34.1 Å². The largest absolute Gasteiger partial charge is 0.310 e. The first-order chi connectivity index (χ1) is 36.2. The standard InChI is InChI=1S/C72H72N2Si2/c1-71(2,3)55-25-29-57(30-26-55)73(59-33-39-63(40-34-59)75(7,8)9)61-37-43-65-67(47-61)69(53-23-21-49-17-13-15-19-51(49)45-53)66-44-38-62(48-68(66)70(65)54-24-22-50-18-14-16-20-52(50)46-54)74(58-31-27-56(28-32-58)72(4,5)6)60-35-41-64(42-36-60)76(10,11)12/h13-48H,1-12H3. The van der Waals surface area contributed by atoms with Crippen molar-refractivity contribution in [3.8, 4) is 22.3 Å². The van der Waals surface area contributed by atoms with Crippen molar-refractivity contribution in [1.82, 2.24) is 0 Å². The van der Waals surface area contributed by atoms with Crippen LogP contribution in [0.4, 0.5) is 34.1 Å². The summed E-state index contributed by atoms with van der Waals surface area (Å²) < 4.78 is 0. The molecule has 0 aromatic heterocycles. The molecule has 11 aromatic carbocycles. The lowest BCUT2D eigenvalue weighted by Gasteiger charge is -2.29. The van der Waals surface area contributed by atoms with Gasteiger partial charge in [0.1, 0.15) is 0 Å². The predicted octanol–water partition coefficient (Wildman–Crippen LogP) is 20.3. The highest BCUT2D eigenvalue weighted by Crippen LogP contribution is 2.49. The van der Waals surface area contributed by atoms with Crippen molar-refractivity contribution in [1.29, 1.82) is 0 Å². The Hall–Kier alpha value is -7.51. The minimum absolute atomic E-state index is 0.0341. The Labute approximate surface area is 454 Å². The zero-order valence-corrected chi connectivity index (χ0v) is 48.7. The molecule has 0 radical (unpaired) electrons. The van der Waals surface area contributed by atoms with Gasteiger partial charge in [-0.25, -0.2) is 0 Å². The summed E-state index contributed by atoms with van der Waals surface area (Å²) in [5.41, 5.74) is 14.3. The molecule has 0 saturated carbocycles. The van der Waals surface area contributed by atoms with Crippen molar-refractivity contribution in [3.63, 3.8) is 0 Å². The van der Waals surface area contributed by atoms with Gasteiger partial charge in [0.25, 0.3) is 0 Å². The summed E-state index contributed by atoms with van der Waals surface area (Å²) in [6.07, 6.45) is 0. The molecule has 0 bridgehead atoms. The molecule has 76 heavy (non-hydrogen) atoms. The van der Waals surface area contributed by atoms with Gasteiger partial charge in [-0.05, 0) is 172 Å². The number of anilines is 6. The van der Waals surface area contributed by atoms with Gasteiger partial charge in [-0.1, -0.05) is 225 Å². The maximum absolute atomic E-state index is 2.48. The number of hydrogen-bond donors (Lipinski definition) is 0. The maximum atomic E-state index is 2.48. The van der Waals surface area contributed by atoms with E-state index in [-0.39, 0.29) is 10.8 Å². The summed E-state index contributed by atoms with van der Waals surface area (Å²) in [4.78, 5) is 4.92. The Morgan fingerprint density at radius 3 is 0.895 bits per heavy atom. The molecule has 11 rings (SSSR count). The van der Waals surface area contributed by atoms with Crippen LogP contribution in [0.3, 0.4) is 0 Å². The van der Waals surface area contributed by atoms with Crippen LogP contribution in [0.5, 0.6) is 0 Å². The fraction of sp³-hybridized carbons (Fsp3) is 0.194. The van der Waals surface area contributed by atoms with E-state index < -0.39 is 16.1 Å². The number of fused-ring (bicyclic) bond motifs is 4. The van der Waals surface area contributed by atoms with Crippen molar-refractivity contribution in [2.24, 2.45) is 0 Å². The quantitative estimate of drug-likeness (QED) is 0.0995. The van der Waals surface area contributed by atoms with Gasteiger partial charge < -0.3 is 9.80 Å². The van der Waals surface area contributed by atoms with E-state index in [2.05, 4.69) is 309 Å². The van der Waals surface area contributed by atoms with Crippen molar-refractivity contribution in [2.45, 2.75) is 91.7 Å². The molecule has 4 heteroatoms. The average molecular weight is 1020 g/mol. The Morgan fingerprint density at radius 2 is 0.579 bits per heavy atom. The van der Waals surface area contributed by atoms with Gasteiger partial charge in [0.2, 0.25) is 0 Å². The molecule has 0 heterocycles. The van der Waals surface area contributed by atoms with Crippen molar-refractivity contribution >= 4 is 104 Å². The number of nitrogens with zero attached hydrogens (tertiary/aromatic N) is 2. The van der Waals surface area contributed by atoms with Gasteiger partial charge in [0.05, 0.1) is 16.1 Å². The first-order valence-corrected chi connectivity index (χ1v) is 34.2. The second kappa shape index (κ2) is 19.3. The summed E-state index contributed by atoms with van der Waals surface area (Å²) in [5, 5.41) is 12.7. The molecule has 0 amide bonds. The van der Waals surface area contributed by atoms with Gasteiger partial charge >= 0.3 is 0 Å². The summed E-state index contributed by atoms with van der Waals surface area (Å²) in [6.45, 7) is 28.3. The van der Waals surface area contributed by atoms with Gasteiger partial charge in [-0.3, -0.25) is 0 Å². The van der Waals surface area contributed by atoms with Crippen LogP contribution in [0.2, 0.25) is 39.3 Å². The van der Waals surface area contributed by atoms with Gasteiger partial charge in [0.15, 0.2) is 0 Å². The average Bonchev–Trinajstić information content (AvgIpc) is 3.43. The highest BCUT2D eigenvalue weighted by atomic mass is 28.3. The minimum atomic E-state index is -1.55. The minimum Gasteiger partial charge on any atom is -0.310 e. The molecule has 0 N–H and O–H groups in total. The van der Waals surface area contributed by atoms with E-state index in [1.54, 1.807) is 0 Å². The van der Waals surface area contributed by atoms with E-state index in [1.165, 1.54) is 86.8 Å². The molecular formula is C72H72N2Si2. The van der Waals surface area contributed by atoms with Gasteiger partial charge in [0, 0.05) is 34.1 Å². The van der Waals surface area contributed by atoms with E-state index in [9.17, 15) is 0 Å². The van der Waals surface area contributed by atoms with Crippen LogP contribution in [0.25, 0.3) is 65.3 Å². The van der Waals surface area contributed by atoms with Crippen LogP contribution < -0.4 is 20.2 Å². The second-order valence-corrected chi connectivity index (χ2v) is 35.3. The van der Waals surface area contributed by atoms with Crippen LogP contribution in [-0.4, -0.2) is 16.1 Å². The van der Waals surface area contributed by atoms with Gasteiger partial charge in [-0.15, -0.1) is 0 Å². The Balaban J connectivity index is 1.23. The summed E-state index contributed by atoms with van der Waals surface area (Å²) in [5.74, 6) is 0.